The Balaban J connectivity index is 1.72. The lowest BCUT2D eigenvalue weighted by Gasteiger charge is -1.96. The highest BCUT2D eigenvalue weighted by molar-refractivity contribution is 7.16. The van der Waals surface area contributed by atoms with Crippen LogP contribution in [0.1, 0.15) is 43.9 Å². The summed E-state index contributed by atoms with van der Waals surface area (Å²) in [5, 5.41) is 12.6. The van der Waals surface area contributed by atoms with Crippen molar-refractivity contribution in [1.82, 2.24) is 10.2 Å². The fourth-order valence-electron chi connectivity index (χ4n) is 1.62. The second-order valence-electron chi connectivity index (χ2n) is 4.52. The molecule has 0 bridgehead atoms. The summed E-state index contributed by atoms with van der Waals surface area (Å²) in [5.74, 6) is 0.495. The minimum absolute atomic E-state index is 0.0882. The summed E-state index contributed by atoms with van der Waals surface area (Å²) in [6.45, 7) is 4.03. The lowest BCUT2D eigenvalue weighted by Crippen LogP contribution is -2.09. The minimum Gasteiger partial charge on any atom is -0.296 e. The van der Waals surface area contributed by atoms with E-state index >= 15 is 0 Å². The average Bonchev–Trinajstić information content (AvgIpc) is 3.00. The number of carbonyl (C=O) groups is 1. The monoisotopic (exact) mass is 279 g/mol. The average molecular weight is 279 g/mol. The Labute approximate surface area is 113 Å². The summed E-state index contributed by atoms with van der Waals surface area (Å²) in [7, 11) is 0. The zero-order valence-electron chi connectivity index (χ0n) is 10.2. The first-order chi connectivity index (χ1) is 8.63. The molecule has 0 aromatic carbocycles. The molecule has 6 heteroatoms. The van der Waals surface area contributed by atoms with Crippen molar-refractivity contribution >= 4 is 33.7 Å². The third-order valence-corrected chi connectivity index (χ3v) is 5.13. The van der Waals surface area contributed by atoms with Crippen LogP contribution in [0.4, 0.5) is 5.13 Å². The maximum Gasteiger partial charge on any atom is 0.267 e. The van der Waals surface area contributed by atoms with E-state index in [1.54, 1.807) is 0 Å². The van der Waals surface area contributed by atoms with Crippen LogP contribution in [-0.2, 0) is 0 Å². The molecular weight excluding hydrogens is 266 g/mol. The second-order valence-corrected chi connectivity index (χ2v) is 6.79. The Morgan fingerprint density at radius 1 is 1.33 bits per heavy atom. The van der Waals surface area contributed by atoms with Crippen LogP contribution >= 0.6 is 22.7 Å². The van der Waals surface area contributed by atoms with E-state index in [0.717, 1.165) is 15.4 Å². The van der Waals surface area contributed by atoms with E-state index in [9.17, 15) is 4.79 Å². The molecule has 1 N–H and O–H groups in total. The van der Waals surface area contributed by atoms with Crippen molar-refractivity contribution in [3.8, 4) is 0 Å². The van der Waals surface area contributed by atoms with Gasteiger partial charge in [-0.2, -0.15) is 0 Å². The summed E-state index contributed by atoms with van der Waals surface area (Å²) in [5.41, 5.74) is 1.15. The maximum absolute atomic E-state index is 12.0. The van der Waals surface area contributed by atoms with E-state index in [-0.39, 0.29) is 5.91 Å². The van der Waals surface area contributed by atoms with Crippen molar-refractivity contribution in [2.45, 2.75) is 32.6 Å². The number of hydrogen-bond donors (Lipinski definition) is 1. The molecule has 2 aromatic heterocycles. The van der Waals surface area contributed by atoms with Gasteiger partial charge in [0.1, 0.15) is 5.01 Å². The molecule has 1 aliphatic carbocycles. The Hall–Kier alpha value is -1.27. The van der Waals surface area contributed by atoms with Crippen LogP contribution in [0.5, 0.6) is 0 Å². The topological polar surface area (TPSA) is 54.9 Å². The van der Waals surface area contributed by atoms with Crippen LogP contribution in [0.25, 0.3) is 0 Å². The van der Waals surface area contributed by atoms with Gasteiger partial charge < -0.3 is 0 Å². The van der Waals surface area contributed by atoms with Gasteiger partial charge in [0.05, 0.1) is 4.88 Å². The first kappa shape index (κ1) is 11.8. The van der Waals surface area contributed by atoms with Crippen molar-refractivity contribution in [2.75, 3.05) is 5.32 Å². The number of aryl methyl sites for hydroxylation is 2. The van der Waals surface area contributed by atoms with Crippen LogP contribution < -0.4 is 5.32 Å². The van der Waals surface area contributed by atoms with Crippen LogP contribution in [-0.4, -0.2) is 16.1 Å². The summed E-state index contributed by atoms with van der Waals surface area (Å²) in [6.07, 6.45) is 2.40. The van der Waals surface area contributed by atoms with Gasteiger partial charge in [-0.15, -0.1) is 21.5 Å². The summed E-state index contributed by atoms with van der Waals surface area (Å²) in [6, 6.07) is 1.91. The molecule has 1 amide bonds. The number of anilines is 1. The van der Waals surface area contributed by atoms with E-state index in [1.165, 1.54) is 40.4 Å². The lowest BCUT2D eigenvalue weighted by molar-refractivity contribution is 0.103. The second kappa shape index (κ2) is 4.44. The van der Waals surface area contributed by atoms with Crippen LogP contribution in [0.3, 0.4) is 0 Å². The largest absolute Gasteiger partial charge is 0.296 e. The van der Waals surface area contributed by atoms with E-state index < -0.39 is 0 Å². The van der Waals surface area contributed by atoms with Gasteiger partial charge in [0.25, 0.3) is 5.91 Å². The number of aromatic nitrogens is 2. The van der Waals surface area contributed by atoms with E-state index in [4.69, 9.17) is 0 Å². The van der Waals surface area contributed by atoms with E-state index in [2.05, 4.69) is 15.5 Å². The van der Waals surface area contributed by atoms with E-state index in [0.29, 0.717) is 11.0 Å². The standard InChI is InChI=1S/C12H13N3OS2/c1-6-5-9(17-7(6)2)10(16)13-12-15-14-11(18-12)8-3-4-8/h5,8H,3-4H2,1-2H3,(H,13,15,16). The Morgan fingerprint density at radius 2 is 2.11 bits per heavy atom. The van der Waals surface area contributed by atoms with Crippen molar-refractivity contribution in [3.63, 3.8) is 0 Å². The highest BCUT2D eigenvalue weighted by Gasteiger charge is 2.27. The molecule has 0 atom stereocenters. The molecule has 3 rings (SSSR count). The number of amides is 1. The minimum atomic E-state index is -0.0882. The molecule has 0 spiro atoms. The van der Waals surface area contributed by atoms with Gasteiger partial charge in [-0.3, -0.25) is 10.1 Å². The van der Waals surface area contributed by atoms with Gasteiger partial charge in [0.15, 0.2) is 0 Å². The molecular formula is C12H13N3OS2. The highest BCUT2D eigenvalue weighted by Crippen LogP contribution is 2.42. The molecule has 1 fully saturated rings. The number of rotatable bonds is 3. The number of thiophene rings is 1. The van der Waals surface area contributed by atoms with Crippen LogP contribution in [0.2, 0.25) is 0 Å². The normalized spacial score (nSPS) is 14.8. The Bertz CT molecular complexity index is 579. The van der Waals surface area contributed by atoms with Gasteiger partial charge >= 0.3 is 0 Å². The molecule has 0 unspecified atom stereocenters. The molecule has 0 radical (unpaired) electrons. The first-order valence-corrected chi connectivity index (χ1v) is 7.48. The molecule has 2 aromatic rings. The molecule has 0 saturated heterocycles. The number of carbonyl (C=O) groups excluding carboxylic acids is 1. The Kier molecular flexibility index (Phi) is 2.91. The zero-order chi connectivity index (χ0) is 12.7. The van der Waals surface area contributed by atoms with Gasteiger partial charge in [-0.1, -0.05) is 11.3 Å². The van der Waals surface area contributed by atoms with Gasteiger partial charge in [-0.05, 0) is 38.3 Å². The number of hydrogen-bond acceptors (Lipinski definition) is 5. The Morgan fingerprint density at radius 3 is 2.72 bits per heavy atom. The summed E-state index contributed by atoms with van der Waals surface area (Å²) in [4.78, 5) is 13.9. The maximum atomic E-state index is 12.0. The molecule has 18 heavy (non-hydrogen) atoms. The van der Waals surface area contributed by atoms with Crippen molar-refractivity contribution in [3.05, 3.63) is 26.4 Å². The van der Waals surface area contributed by atoms with Crippen LogP contribution in [0.15, 0.2) is 6.07 Å². The molecule has 1 aliphatic rings. The smallest absolute Gasteiger partial charge is 0.267 e. The molecule has 1 saturated carbocycles. The summed E-state index contributed by atoms with van der Waals surface area (Å²) >= 11 is 3.00. The fourth-order valence-corrected chi connectivity index (χ4v) is 3.46. The molecule has 0 aliphatic heterocycles. The SMILES string of the molecule is Cc1cc(C(=O)Nc2nnc(C3CC3)s2)sc1C. The van der Waals surface area contributed by atoms with E-state index in [1.807, 2.05) is 19.9 Å². The predicted octanol–water partition coefficient (Wildman–Crippen LogP) is 3.35. The first-order valence-electron chi connectivity index (χ1n) is 5.85. The lowest BCUT2D eigenvalue weighted by atomic mass is 10.3. The third kappa shape index (κ3) is 2.30. The molecule has 4 nitrogen and oxygen atoms in total. The number of nitrogens with one attached hydrogen (secondary N) is 1. The van der Waals surface area contributed by atoms with Gasteiger partial charge in [0.2, 0.25) is 5.13 Å². The molecule has 94 valence electrons. The third-order valence-electron chi connectivity index (χ3n) is 2.98. The van der Waals surface area contributed by atoms with Crippen molar-refractivity contribution in [2.24, 2.45) is 0 Å². The van der Waals surface area contributed by atoms with Crippen LogP contribution in [0, 0.1) is 13.8 Å². The number of nitrogens with zero attached hydrogens (tertiary/aromatic N) is 2. The van der Waals surface area contributed by atoms with Crippen molar-refractivity contribution in [1.29, 1.82) is 0 Å². The summed E-state index contributed by atoms with van der Waals surface area (Å²) < 4.78 is 0. The van der Waals surface area contributed by atoms with Gasteiger partial charge in [-0.25, -0.2) is 0 Å². The van der Waals surface area contributed by atoms with Gasteiger partial charge in [0, 0.05) is 10.8 Å². The molecule has 2 heterocycles. The van der Waals surface area contributed by atoms with Crippen molar-refractivity contribution < 1.29 is 4.79 Å². The quantitative estimate of drug-likeness (QED) is 0.937. The fraction of sp³-hybridized carbons (Fsp3) is 0.417. The zero-order valence-corrected chi connectivity index (χ0v) is 11.8. The predicted molar refractivity (Wildman–Crippen MR) is 73.6 cm³/mol. The highest BCUT2D eigenvalue weighted by atomic mass is 32.1.